The molecule has 0 saturated carbocycles. The molecule has 1 saturated heterocycles. The van der Waals surface area contributed by atoms with Crippen molar-refractivity contribution in [3.63, 3.8) is 0 Å². The zero-order chi connectivity index (χ0) is 10.5. The van der Waals surface area contributed by atoms with Crippen LogP contribution in [0.25, 0.3) is 0 Å². The monoisotopic (exact) mass is 224 g/mol. The van der Waals surface area contributed by atoms with Gasteiger partial charge in [0.1, 0.15) is 5.82 Å². The van der Waals surface area contributed by atoms with Crippen LogP contribution in [0, 0.1) is 0 Å². The number of pyridine rings is 1. The first kappa shape index (κ1) is 10.8. The van der Waals surface area contributed by atoms with Crippen LogP contribution < -0.4 is 4.90 Å². The van der Waals surface area contributed by atoms with Crippen LogP contribution in [0.4, 0.5) is 5.82 Å². The first-order chi connectivity index (χ1) is 7.40. The van der Waals surface area contributed by atoms with Crippen LogP contribution in [0.3, 0.4) is 0 Å². The molecular weight excluding hydrogens is 208 g/mol. The zero-order valence-corrected chi connectivity index (χ0v) is 9.54. The highest BCUT2D eigenvalue weighted by Crippen LogP contribution is 2.17. The van der Waals surface area contributed by atoms with E-state index in [1.165, 1.54) is 17.9 Å². The lowest BCUT2D eigenvalue weighted by Gasteiger charge is -2.21. The van der Waals surface area contributed by atoms with Gasteiger partial charge in [-0.05, 0) is 29.9 Å². The molecule has 82 valence electrons. The van der Waals surface area contributed by atoms with E-state index in [2.05, 4.69) is 9.88 Å². The van der Waals surface area contributed by atoms with Crippen molar-refractivity contribution in [2.75, 3.05) is 29.5 Å². The lowest BCUT2D eigenvalue weighted by Crippen LogP contribution is -2.26. The van der Waals surface area contributed by atoms with Crippen molar-refractivity contribution in [3.05, 3.63) is 23.9 Å². The molecule has 0 amide bonds. The molecule has 15 heavy (non-hydrogen) atoms. The van der Waals surface area contributed by atoms with Gasteiger partial charge >= 0.3 is 0 Å². The van der Waals surface area contributed by atoms with Crippen LogP contribution in [0.15, 0.2) is 18.3 Å². The molecule has 1 aromatic rings. The van der Waals surface area contributed by atoms with Crippen LogP contribution in [0.2, 0.25) is 0 Å². The fourth-order valence-electron chi connectivity index (χ4n) is 1.71. The van der Waals surface area contributed by atoms with E-state index in [0.29, 0.717) is 0 Å². The Balaban J connectivity index is 2.12. The van der Waals surface area contributed by atoms with E-state index in [0.717, 1.165) is 24.5 Å². The molecule has 0 aliphatic carbocycles. The molecule has 1 N–H and O–H groups in total. The van der Waals surface area contributed by atoms with Crippen molar-refractivity contribution >= 4 is 17.6 Å². The Hall–Kier alpha value is -0.740. The number of hydrogen-bond donors (Lipinski definition) is 1. The van der Waals surface area contributed by atoms with Crippen molar-refractivity contribution < 1.29 is 5.11 Å². The number of aliphatic hydroxyl groups is 1. The Bertz CT molecular complexity index is 311. The molecule has 0 unspecified atom stereocenters. The minimum absolute atomic E-state index is 0.0953. The number of aromatic nitrogens is 1. The van der Waals surface area contributed by atoms with Gasteiger partial charge < -0.3 is 10.0 Å². The van der Waals surface area contributed by atoms with Gasteiger partial charge in [-0.25, -0.2) is 4.98 Å². The summed E-state index contributed by atoms with van der Waals surface area (Å²) in [6.07, 6.45) is 2.99. The van der Waals surface area contributed by atoms with E-state index in [1.54, 1.807) is 6.20 Å². The quantitative estimate of drug-likeness (QED) is 0.826. The van der Waals surface area contributed by atoms with Crippen LogP contribution in [0.1, 0.15) is 12.0 Å². The van der Waals surface area contributed by atoms with Gasteiger partial charge in [0, 0.05) is 25.0 Å². The second-order valence-electron chi connectivity index (χ2n) is 3.63. The molecule has 1 aromatic heterocycles. The Morgan fingerprint density at radius 2 is 2.33 bits per heavy atom. The Kier molecular flexibility index (Phi) is 3.86. The summed E-state index contributed by atoms with van der Waals surface area (Å²) in [5, 5.41) is 9.07. The molecule has 2 rings (SSSR count). The summed E-state index contributed by atoms with van der Waals surface area (Å²) in [6.45, 7) is 2.24. The third-order valence-electron chi connectivity index (χ3n) is 2.54. The number of hydrogen-bond acceptors (Lipinski definition) is 4. The van der Waals surface area contributed by atoms with E-state index in [1.807, 2.05) is 23.9 Å². The maximum Gasteiger partial charge on any atom is 0.128 e. The summed E-state index contributed by atoms with van der Waals surface area (Å²) in [6, 6.07) is 3.84. The molecule has 0 aromatic carbocycles. The van der Waals surface area contributed by atoms with Gasteiger partial charge in [-0.15, -0.1) is 0 Å². The molecule has 0 bridgehead atoms. The zero-order valence-electron chi connectivity index (χ0n) is 8.72. The molecular formula is C11H16N2OS. The number of aliphatic hydroxyl groups excluding tert-OH is 1. The minimum atomic E-state index is 0.0953. The standard InChI is InChI=1S/C11H16N2OS/c14-9-10-2-3-12-11(8-10)13-4-1-6-15-7-5-13/h2-3,8,14H,1,4-7,9H2. The summed E-state index contributed by atoms with van der Waals surface area (Å²) in [7, 11) is 0. The van der Waals surface area contributed by atoms with Crippen molar-refractivity contribution in [1.29, 1.82) is 0 Å². The van der Waals surface area contributed by atoms with Crippen molar-refractivity contribution in [2.24, 2.45) is 0 Å². The van der Waals surface area contributed by atoms with E-state index in [-0.39, 0.29) is 6.61 Å². The summed E-state index contributed by atoms with van der Waals surface area (Å²) < 4.78 is 0. The first-order valence-corrected chi connectivity index (χ1v) is 6.44. The molecule has 0 atom stereocenters. The molecule has 1 aliphatic heterocycles. The average molecular weight is 224 g/mol. The molecule has 4 heteroatoms. The highest BCUT2D eigenvalue weighted by atomic mass is 32.2. The summed E-state index contributed by atoms with van der Waals surface area (Å²) in [5.74, 6) is 3.42. The molecule has 3 nitrogen and oxygen atoms in total. The highest BCUT2D eigenvalue weighted by Gasteiger charge is 2.10. The van der Waals surface area contributed by atoms with Crippen LogP contribution in [-0.2, 0) is 6.61 Å². The molecule has 0 spiro atoms. The molecule has 1 aliphatic rings. The maximum atomic E-state index is 9.07. The van der Waals surface area contributed by atoms with E-state index in [9.17, 15) is 0 Å². The lowest BCUT2D eigenvalue weighted by atomic mass is 10.2. The van der Waals surface area contributed by atoms with Crippen LogP contribution in [-0.4, -0.2) is 34.7 Å². The van der Waals surface area contributed by atoms with Gasteiger partial charge in [-0.3, -0.25) is 0 Å². The van der Waals surface area contributed by atoms with E-state index in [4.69, 9.17) is 5.11 Å². The fraction of sp³-hybridized carbons (Fsp3) is 0.545. The van der Waals surface area contributed by atoms with E-state index >= 15 is 0 Å². The second-order valence-corrected chi connectivity index (χ2v) is 4.86. The fourth-order valence-corrected chi connectivity index (χ4v) is 2.59. The van der Waals surface area contributed by atoms with Gasteiger partial charge in [-0.1, -0.05) is 0 Å². The number of thioether (sulfide) groups is 1. The van der Waals surface area contributed by atoms with Gasteiger partial charge in [0.25, 0.3) is 0 Å². The molecule has 1 fully saturated rings. The Labute approximate surface area is 94.5 Å². The summed E-state index contributed by atoms with van der Waals surface area (Å²) >= 11 is 2.01. The topological polar surface area (TPSA) is 36.4 Å². The Morgan fingerprint density at radius 3 is 3.20 bits per heavy atom. The van der Waals surface area contributed by atoms with Gasteiger partial charge in [0.05, 0.1) is 6.61 Å². The van der Waals surface area contributed by atoms with Crippen LogP contribution >= 0.6 is 11.8 Å². The van der Waals surface area contributed by atoms with Crippen molar-refractivity contribution in [1.82, 2.24) is 4.98 Å². The number of rotatable bonds is 2. The maximum absolute atomic E-state index is 9.07. The second kappa shape index (κ2) is 5.37. The molecule has 2 heterocycles. The third-order valence-corrected chi connectivity index (χ3v) is 3.59. The third kappa shape index (κ3) is 2.86. The van der Waals surface area contributed by atoms with Gasteiger partial charge in [0.2, 0.25) is 0 Å². The molecule has 0 radical (unpaired) electrons. The predicted molar refractivity (Wildman–Crippen MR) is 64.3 cm³/mol. The number of anilines is 1. The minimum Gasteiger partial charge on any atom is -0.392 e. The van der Waals surface area contributed by atoms with Crippen LogP contribution in [0.5, 0.6) is 0 Å². The largest absolute Gasteiger partial charge is 0.392 e. The number of nitrogens with zero attached hydrogens (tertiary/aromatic N) is 2. The van der Waals surface area contributed by atoms with Gasteiger partial charge in [-0.2, -0.15) is 11.8 Å². The summed E-state index contributed by atoms with van der Waals surface area (Å²) in [5.41, 5.74) is 0.942. The van der Waals surface area contributed by atoms with Crippen molar-refractivity contribution in [2.45, 2.75) is 13.0 Å². The normalized spacial score (nSPS) is 17.5. The first-order valence-electron chi connectivity index (χ1n) is 5.28. The smallest absolute Gasteiger partial charge is 0.128 e. The lowest BCUT2D eigenvalue weighted by molar-refractivity contribution is 0.281. The van der Waals surface area contributed by atoms with Gasteiger partial charge in [0.15, 0.2) is 0 Å². The van der Waals surface area contributed by atoms with Crippen molar-refractivity contribution in [3.8, 4) is 0 Å². The predicted octanol–water partition coefficient (Wildman–Crippen LogP) is 1.52. The highest BCUT2D eigenvalue weighted by molar-refractivity contribution is 7.99. The van der Waals surface area contributed by atoms with E-state index < -0.39 is 0 Å². The Morgan fingerprint density at radius 1 is 1.40 bits per heavy atom. The SMILES string of the molecule is OCc1ccnc(N2CCCSCC2)c1. The summed E-state index contributed by atoms with van der Waals surface area (Å²) in [4.78, 5) is 6.66. The average Bonchev–Trinajstić information content (AvgIpc) is 2.58.